The van der Waals surface area contributed by atoms with Crippen LogP contribution in [0.3, 0.4) is 0 Å². The summed E-state index contributed by atoms with van der Waals surface area (Å²) >= 11 is 0.887. The summed E-state index contributed by atoms with van der Waals surface area (Å²) in [6, 6.07) is 7.52. The van der Waals surface area contributed by atoms with Crippen LogP contribution >= 0.6 is 11.3 Å². The molecular weight excluding hydrogens is 306 g/mol. The fraction of sp³-hybridized carbons (Fsp3) is 0.143. The molecular formula is C14H11N3O4S. The molecule has 0 unspecified atom stereocenters. The summed E-state index contributed by atoms with van der Waals surface area (Å²) in [5.74, 6) is -0.0978. The van der Waals surface area contributed by atoms with Gasteiger partial charge in [-0.15, -0.1) is 10.2 Å². The number of esters is 1. The van der Waals surface area contributed by atoms with E-state index in [0.29, 0.717) is 16.3 Å². The average Bonchev–Trinajstić information content (AvgIpc) is 2.91. The van der Waals surface area contributed by atoms with E-state index in [9.17, 15) is 14.7 Å². The Balaban J connectivity index is 2.26. The Kier molecular flexibility index (Phi) is 3.60. The molecule has 8 heteroatoms. The molecule has 112 valence electrons. The lowest BCUT2D eigenvalue weighted by Gasteiger charge is -2.06. The number of rotatable bonds is 3. The number of hydrogen-bond donors (Lipinski definition) is 1. The van der Waals surface area contributed by atoms with Crippen LogP contribution < -0.4 is 4.74 Å². The lowest BCUT2D eigenvalue weighted by Crippen LogP contribution is -2.14. The van der Waals surface area contributed by atoms with Crippen molar-refractivity contribution in [3.8, 4) is 17.1 Å². The highest BCUT2D eigenvalue weighted by molar-refractivity contribution is 7.14. The summed E-state index contributed by atoms with van der Waals surface area (Å²) in [6.07, 6.45) is 0. The second-order valence-electron chi connectivity index (χ2n) is 4.36. The largest absolute Gasteiger partial charge is 0.508 e. The van der Waals surface area contributed by atoms with E-state index in [-0.39, 0.29) is 22.8 Å². The van der Waals surface area contributed by atoms with E-state index in [1.807, 2.05) is 0 Å². The quantitative estimate of drug-likeness (QED) is 0.739. The van der Waals surface area contributed by atoms with E-state index in [2.05, 4.69) is 10.2 Å². The molecule has 0 aliphatic carbocycles. The predicted octanol–water partition coefficient (Wildman–Crippen LogP) is 1.70. The molecule has 0 fully saturated rings. The highest BCUT2D eigenvalue weighted by Crippen LogP contribution is 2.23. The maximum Gasteiger partial charge on any atom is 0.355 e. The second kappa shape index (κ2) is 5.57. The van der Waals surface area contributed by atoms with Crippen molar-refractivity contribution in [3.63, 3.8) is 0 Å². The summed E-state index contributed by atoms with van der Waals surface area (Å²) in [4.78, 5) is 24.1. The van der Waals surface area contributed by atoms with Crippen LogP contribution in [0.1, 0.15) is 17.4 Å². The molecule has 0 amide bonds. The number of hydrogen-bond acceptors (Lipinski definition) is 7. The van der Waals surface area contributed by atoms with Crippen LogP contribution in [-0.2, 0) is 4.74 Å². The van der Waals surface area contributed by atoms with E-state index in [4.69, 9.17) is 4.74 Å². The van der Waals surface area contributed by atoms with Gasteiger partial charge in [-0.1, -0.05) is 11.3 Å². The van der Waals surface area contributed by atoms with Gasteiger partial charge in [0.05, 0.1) is 6.61 Å². The summed E-state index contributed by atoms with van der Waals surface area (Å²) < 4.78 is 6.16. The number of carbonyl (C=O) groups excluding carboxylic acids is 1. The van der Waals surface area contributed by atoms with Crippen LogP contribution in [-0.4, -0.2) is 32.3 Å². The topological polar surface area (TPSA) is 93.8 Å². The first-order valence-corrected chi connectivity index (χ1v) is 7.27. The summed E-state index contributed by atoms with van der Waals surface area (Å²) in [7, 11) is 0. The molecule has 0 aliphatic rings. The fourth-order valence-corrected chi connectivity index (χ4v) is 2.71. The molecule has 2 heterocycles. The first-order valence-electron chi connectivity index (χ1n) is 6.46. The number of fused-ring (bicyclic) bond motifs is 1. The highest BCUT2D eigenvalue weighted by atomic mass is 32.1. The van der Waals surface area contributed by atoms with Crippen LogP contribution in [0.15, 0.2) is 35.1 Å². The summed E-state index contributed by atoms with van der Waals surface area (Å²) in [5, 5.41) is 17.3. The first-order chi connectivity index (χ1) is 10.6. The van der Waals surface area contributed by atoms with Crippen molar-refractivity contribution < 1.29 is 14.6 Å². The van der Waals surface area contributed by atoms with Gasteiger partial charge in [-0.05, 0) is 31.2 Å². The third kappa shape index (κ3) is 2.44. The lowest BCUT2D eigenvalue weighted by molar-refractivity contribution is 0.0518. The zero-order chi connectivity index (χ0) is 15.7. The Morgan fingerprint density at radius 1 is 1.32 bits per heavy atom. The molecule has 3 rings (SSSR count). The third-order valence-electron chi connectivity index (χ3n) is 2.93. The number of aromatic hydroxyl groups is 1. The molecule has 1 N–H and O–H groups in total. The van der Waals surface area contributed by atoms with Crippen LogP contribution in [0, 0.1) is 0 Å². The molecule has 0 aliphatic heterocycles. The van der Waals surface area contributed by atoms with Gasteiger partial charge in [0.15, 0.2) is 5.82 Å². The van der Waals surface area contributed by atoms with E-state index in [0.717, 1.165) is 11.3 Å². The molecule has 22 heavy (non-hydrogen) atoms. The highest BCUT2D eigenvalue weighted by Gasteiger charge is 2.19. The zero-order valence-corrected chi connectivity index (χ0v) is 12.3. The van der Waals surface area contributed by atoms with Crippen molar-refractivity contribution in [2.45, 2.75) is 6.92 Å². The number of carbonyl (C=O) groups is 1. The van der Waals surface area contributed by atoms with Gasteiger partial charge in [0, 0.05) is 11.6 Å². The minimum Gasteiger partial charge on any atom is -0.508 e. The van der Waals surface area contributed by atoms with Gasteiger partial charge < -0.3 is 9.84 Å². The molecule has 0 spiro atoms. The Morgan fingerprint density at radius 2 is 2.05 bits per heavy atom. The van der Waals surface area contributed by atoms with Crippen LogP contribution in [0.2, 0.25) is 0 Å². The van der Waals surface area contributed by atoms with E-state index in [1.54, 1.807) is 19.1 Å². The van der Waals surface area contributed by atoms with Crippen molar-refractivity contribution in [1.82, 2.24) is 14.6 Å². The standard InChI is InChI=1S/C14H11N3O4S/c1-2-21-13(20)10-7-11(19)22-14-16-15-12(17(10)14)8-3-5-9(18)6-4-8/h3-7,18H,2H2,1H3. The van der Waals surface area contributed by atoms with Gasteiger partial charge in [0.1, 0.15) is 11.4 Å². The summed E-state index contributed by atoms with van der Waals surface area (Å²) in [6.45, 7) is 1.88. The van der Waals surface area contributed by atoms with Crippen molar-refractivity contribution in [3.05, 3.63) is 45.6 Å². The third-order valence-corrected chi connectivity index (χ3v) is 3.70. The maximum atomic E-state index is 12.1. The molecule has 0 atom stereocenters. The van der Waals surface area contributed by atoms with E-state index >= 15 is 0 Å². The molecule has 0 saturated carbocycles. The van der Waals surface area contributed by atoms with Crippen molar-refractivity contribution >= 4 is 22.3 Å². The number of phenolic OH excluding ortho intramolecular Hbond substituents is 1. The Labute approximate surface area is 128 Å². The maximum absolute atomic E-state index is 12.1. The van der Waals surface area contributed by atoms with Crippen LogP contribution in [0.4, 0.5) is 0 Å². The molecule has 0 bridgehead atoms. The first kappa shape index (κ1) is 14.2. The minimum absolute atomic E-state index is 0.0775. The van der Waals surface area contributed by atoms with Gasteiger partial charge in [-0.2, -0.15) is 0 Å². The normalized spacial score (nSPS) is 10.8. The number of phenols is 1. The Hall–Kier alpha value is -2.74. The van der Waals surface area contributed by atoms with Gasteiger partial charge in [0.2, 0.25) is 9.70 Å². The minimum atomic E-state index is -0.614. The zero-order valence-electron chi connectivity index (χ0n) is 11.5. The number of aromatic nitrogens is 3. The molecule has 3 aromatic rings. The van der Waals surface area contributed by atoms with Crippen LogP contribution in [0.5, 0.6) is 5.75 Å². The average molecular weight is 317 g/mol. The molecule has 0 saturated heterocycles. The van der Waals surface area contributed by atoms with Gasteiger partial charge in [-0.25, -0.2) is 4.79 Å². The SMILES string of the molecule is CCOC(=O)c1cc(=O)sc2nnc(-c3ccc(O)cc3)n12. The predicted molar refractivity (Wildman–Crippen MR) is 80.2 cm³/mol. The Morgan fingerprint density at radius 3 is 2.73 bits per heavy atom. The monoisotopic (exact) mass is 317 g/mol. The molecule has 0 radical (unpaired) electrons. The number of nitrogens with zero attached hydrogens (tertiary/aromatic N) is 3. The number of ether oxygens (including phenoxy) is 1. The molecule has 7 nitrogen and oxygen atoms in total. The van der Waals surface area contributed by atoms with Gasteiger partial charge in [0.25, 0.3) is 0 Å². The fourth-order valence-electron chi connectivity index (χ4n) is 2.00. The molecule has 2 aromatic heterocycles. The molecule has 1 aromatic carbocycles. The lowest BCUT2D eigenvalue weighted by atomic mass is 10.2. The smallest absolute Gasteiger partial charge is 0.355 e. The Bertz CT molecular complexity index is 899. The summed E-state index contributed by atoms with van der Waals surface area (Å²) in [5.41, 5.74) is 0.732. The van der Waals surface area contributed by atoms with E-state index in [1.165, 1.54) is 22.6 Å². The van der Waals surface area contributed by atoms with Crippen molar-refractivity contribution in [2.75, 3.05) is 6.61 Å². The van der Waals surface area contributed by atoms with Crippen molar-refractivity contribution in [2.24, 2.45) is 0 Å². The van der Waals surface area contributed by atoms with Gasteiger partial charge >= 0.3 is 5.97 Å². The van der Waals surface area contributed by atoms with Crippen molar-refractivity contribution in [1.29, 1.82) is 0 Å². The van der Waals surface area contributed by atoms with E-state index < -0.39 is 5.97 Å². The second-order valence-corrected chi connectivity index (χ2v) is 5.33. The van der Waals surface area contributed by atoms with Gasteiger partial charge in [-0.3, -0.25) is 9.20 Å². The number of benzene rings is 1. The van der Waals surface area contributed by atoms with Crippen LogP contribution in [0.25, 0.3) is 16.3 Å².